The summed E-state index contributed by atoms with van der Waals surface area (Å²) in [6.07, 6.45) is 0. The molecule has 4 heteroatoms. The Balaban J connectivity index is 3.13. The highest BCUT2D eigenvalue weighted by molar-refractivity contribution is 7.80. The minimum atomic E-state index is -1.29. The van der Waals surface area contributed by atoms with Gasteiger partial charge in [0.25, 0.3) is 0 Å². The second-order valence-corrected chi connectivity index (χ2v) is 2.78. The molecule has 0 saturated heterocycles. The molecule has 2 nitrogen and oxygen atoms in total. The lowest BCUT2D eigenvalue weighted by Crippen LogP contribution is -2.00. The van der Waals surface area contributed by atoms with Gasteiger partial charge in [-0.15, -0.1) is 0 Å². The number of carbonyl (C=O) groups is 1. The molecule has 0 bridgehead atoms. The number of thiol groups is 1. The Hall–Kier alpha value is -1.47. The van der Waals surface area contributed by atoms with Gasteiger partial charge in [-0.3, -0.25) is 0 Å². The molecule has 1 aromatic carbocycles. The fourth-order valence-electron chi connectivity index (χ4n) is 0.909. The van der Waals surface area contributed by atoms with E-state index in [9.17, 15) is 9.18 Å². The number of carboxylic acid groups (broad SMARTS) is 1. The Morgan fingerprint density at radius 2 is 2.29 bits per heavy atom. The van der Waals surface area contributed by atoms with E-state index in [1.807, 2.05) is 0 Å². The summed E-state index contributed by atoms with van der Waals surface area (Å²) >= 11 is 3.87. The zero-order valence-electron chi connectivity index (χ0n) is 7.12. The molecule has 1 aromatic rings. The highest BCUT2D eigenvalue weighted by Crippen LogP contribution is 2.09. The first-order chi connectivity index (χ1) is 6.65. The third-order valence-corrected chi connectivity index (χ3v) is 1.67. The molecule has 0 spiro atoms. The molecule has 1 rings (SSSR count). The summed E-state index contributed by atoms with van der Waals surface area (Å²) in [5.41, 5.74) is 0.105. The Labute approximate surface area is 86.2 Å². The summed E-state index contributed by atoms with van der Waals surface area (Å²) in [7, 11) is 0. The lowest BCUT2D eigenvalue weighted by molar-refractivity contribution is 0.0692. The standard InChI is InChI=1S/C10H7FO2S/c11-9-4-3-7(2-1-5-14)6-8(9)10(12)13/h3-4,6,14H,5H2,(H,12,13). The molecule has 0 aliphatic carbocycles. The quantitative estimate of drug-likeness (QED) is 0.548. The Morgan fingerprint density at radius 3 is 2.86 bits per heavy atom. The van der Waals surface area contributed by atoms with Crippen LogP contribution in [0.25, 0.3) is 0 Å². The van der Waals surface area contributed by atoms with Crippen molar-refractivity contribution in [1.82, 2.24) is 0 Å². The zero-order valence-corrected chi connectivity index (χ0v) is 8.01. The van der Waals surface area contributed by atoms with E-state index in [1.165, 1.54) is 12.1 Å². The van der Waals surface area contributed by atoms with E-state index in [0.717, 1.165) is 6.07 Å². The van der Waals surface area contributed by atoms with E-state index in [0.29, 0.717) is 11.3 Å². The highest BCUT2D eigenvalue weighted by Gasteiger charge is 2.09. The van der Waals surface area contributed by atoms with Gasteiger partial charge in [-0.05, 0) is 18.2 Å². The van der Waals surface area contributed by atoms with Crippen molar-refractivity contribution in [3.63, 3.8) is 0 Å². The molecule has 14 heavy (non-hydrogen) atoms. The van der Waals surface area contributed by atoms with Crippen molar-refractivity contribution in [1.29, 1.82) is 0 Å². The molecule has 0 fully saturated rings. The normalized spacial score (nSPS) is 9.00. The first-order valence-electron chi connectivity index (χ1n) is 3.77. The number of hydrogen-bond donors (Lipinski definition) is 2. The molecular weight excluding hydrogens is 203 g/mol. The van der Waals surface area contributed by atoms with Gasteiger partial charge in [0.15, 0.2) is 0 Å². The van der Waals surface area contributed by atoms with Crippen LogP contribution in [0.5, 0.6) is 0 Å². The van der Waals surface area contributed by atoms with E-state index in [2.05, 4.69) is 24.5 Å². The van der Waals surface area contributed by atoms with Crippen LogP contribution in [0.2, 0.25) is 0 Å². The predicted octanol–water partition coefficient (Wildman–Crippen LogP) is 1.81. The molecule has 0 amide bonds. The monoisotopic (exact) mass is 210 g/mol. The van der Waals surface area contributed by atoms with Gasteiger partial charge in [-0.1, -0.05) is 11.8 Å². The van der Waals surface area contributed by atoms with Gasteiger partial charge in [0, 0.05) is 5.56 Å². The Morgan fingerprint density at radius 1 is 1.57 bits per heavy atom. The number of carboxylic acids is 1. The Bertz CT molecular complexity index is 418. The highest BCUT2D eigenvalue weighted by atomic mass is 32.1. The molecule has 0 radical (unpaired) electrons. The van der Waals surface area contributed by atoms with Crippen LogP contribution < -0.4 is 0 Å². The summed E-state index contributed by atoms with van der Waals surface area (Å²) in [6.45, 7) is 0. The molecule has 0 heterocycles. The van der Waals surface area contributed by atoms with E-state index >= 15 is 0 Å². The average Bonchev–Trinajstić information content (AvgIpc) is 2.16. The van der Waals surface area contributed by atoms with Crippen LogP contribution in [0.15, 0.2) is 18.2 Å². The maximum Gasteiger partial charge on any atom is 0.338 e. The minimum Gasteiger partial charge on any atom is -0.478 e. The zero-order chi connectivity index (χ0) is 10.6. The summed E-state index contributed by atoms with van der Waals surface area (Å²) in [5, 5.41) is 8.61. The Kier molecular flexibility index (Phi) is 3.55. The number of halogens is 1. The van der Waals surface area contributed by atoms with E-state index in [-0.39, 0.29) is 5.56 Å². The summed E-state index contributed by atoms with van der Waals surface area (Å²) in [5.74, 6) is 3.63. The van der Waals surface area contributed by atoms with Gasteiger partial charge in [-0.25, -0.2) is 9.18 Å². The van der Waals surface area contributed by atoms with Crippen molar-refractivity contribution in [2.45, 2.75) is 0 Å². The maximum atomic E-state index is 12.9. The topological polar surface area (TPSA) is 37.3 Å². The van der Waals surface area contributed by atoms with Crippen LogP contribution in [0.3, 0.4) is 0 Å². The van der Waals surface area contributed by atoms with Crippen molar-refractivity contribution in [3.05, 3.63) is 35.1 Å². The van der Waals surface area contributed by atoms with Gasteiger partial charge < -0.3 is 5.11 Å². The second kappa shape index (κ2) is 4.68. The predicted molar refractivity (Wildman–Crippen MR) is 54.1 cm³/mol. The molecule has 1 N–H and O–H groups in total. The fraction of sp³-hybridized carbons (Fsp3) is 0.100. The molecular formula is C10H7FO2S. The number of hydrogen-bond acceptors (Lipinski definition) is 2. The van der Waals surface area contributed by atoms with Crippen molar-refractivity contribution in [2.24, 2.45) is 0 Å². The molecule has 0 unspecified atom stereocenters. The lowest BCUT2D eigenvalue weighted by atomic mass is 10.1. The first kappa shape index (κ1) is 10.6. The molecule has 0 atom stereocenters. The van der Waals surface area contributed by atoms with E-state index in [1.54, 1.807) is 0 Å². The van der Waals surface area contributed by atoms with Crippen molar-refractivity contribution in [2.75, 3.05) is 5.75 Å². The summed E-state index contributed by atoms with van der Waals surface area (Å²) in [6, 6.07) is 3.72. The van der Waals surface area contributed by atoms with E-state index in [4.69, 9.17) is 5.11 Å². The third-order valence-electron chi connectivity index (χ3n) is 1.51. The smallest absolute Gasteiger partial charge is 0.338 e. The van der Waals surface area contributed by atoms with Crippen molar-refractivity contribution >= 4 is 18.6 Å². The number of aromatic carboxylic acids is 1. The number of benzene rings is 1. The summed E-state index contributed by atoms with van der Waals surface area (Å²) < 4.78 is 12.9. The van der Waals surface area contributed by atoms with Gasteiger partial charge in [0.1, 0.15) is 5.82 Å². The largest absolute Gasteiger partial charge is 0.478 e. The molecule has 72 valence electrons. The van der Waals surface area contributed by atoms with Crippen LogP contribution in [0, 0.1) is 17.7 Å². The van der Waals surface area contributed by atoms with Gasteiger partial charge in [0.2, 0.25) is 0 Å². The molecule has 0 aliphatic rings. The fourth-order valence-corrected chi connectivity index (χ4v) is 0.988. The van der Waals surface area contributed by atoms with Gasteiger partial charge in [0.05, 0.1) is 11.3 Å². The second-order valence-electron chi connectivity index (χ2n) is 2.46. The lowest BCUT2D eigenvalue weighted by Gasteiger charge is -1.97. The molecule has 0 saturated carbocycles. The third kappa shape index (κ3) is 2.51. The average molecular weight is 210 g/mol. The van der Waals surface area contributed by atoms with Crippen LogP contribution in [0.4, 0.5) is 4.39 Å². The minimum absolute atomic E-state index is 0.365. The van der Waals surface area contributed by atoms with E-state index < -0.39 is 11.8 Å². The number of rotatable bonds is 1. The van der Waals surface area contributed by atoms with Crippen LogP contribution in [0.1, 0.15) is 15.9 Å². The van der Waals surface area contributed by atoms with Crippen molar-refractivity contribution in [3.8, 4) is 11.8 Å². The SMILES string of the molecule is O=C(O)c1cc(C#CCS)ccc1F. The van der Waals surface area contributed by atoms with Crippen LogP contribution in [-0.2, 0) is 0 Å². The molecule has 0 aliphatic heterocycles. The van der Waals surface area contributed by atoms with Gasteiger partial charge in [-0.2, -0.15) is 12.6 Å². The molecule has 0 aromatic heterocycles. The summed E-state index contributed by atoms with van der Waals surface area (Å²) in [4.78, 5) is 10.5. The van der Waals surface area contributed by atoms with Crippen LogP contribution >= 0.6 is 12.6 Å². The first-order valence-corrected chi connectivity index (χ1v) is 4.41. The van der Waals surface area contributed by atoms with Gasteiger partial charge >= 0.3 is 5.97 Å². The van der Waals surface area contributed by atoms with Crippen LogP contribution in [-0.4, -0.2) is 16.8 Å². The van der Waals surface area contributed by atoms with Crippen molar-refractivity contribution < 1.29 is 14.3 Å². The maximum absolute atomic E-state index is 12.9.